The molecule has 0 unspecified atom stereocenters. The lowest BCUT2D eigenvalue weighted by Crippen LogP contribution is -2.42. The Bertz CT molecular complexity index is 762. The van der Waals surface area contributed by atoms with Crippen LogP contribution in [0.5, 0.6) is 0 Å². The van der Waals surface area contributed by atoms with Gasteiger partial charge in [-0.2, -0.15) is 0 Å². The summed E-state index contributed by atoms with van der Waals surface area (Å²) in [6.45, 7) is 6.48. The Balaban J connectivity index is 1.70. The SMILES string of the molecule is CC(C)N(Cc1ccccc1)C(=O)CN(Cc1ccco1)Cc1cccs1. The van der Waals surface area contributed by atoms with Crippen molar-refractivity contribution in [2.24, 2.45) is 0 Å². The minimum atomic E-state index is 0.136. The van der Waals surface area contributed by atoms with E-state index in [1.54, 1.807) is 17.6 Å². The molecule has 0 atom stereocenters. The minimum Gasteiger partial charge on any atom is -0.468 e. The van der Waals surface area contributed by atoms with Gasteiger partial charge in [0.2, 0.25) is 5.91 Å². The largest absolute Gasteiger partial charge is 0.468 e. The first-order valence-corrected chi connectivity index (χ1v) is 10.1. The maximum Gasteiger partial charge on any atom is 0.237 e. The number of hydrogen-bond donors (Lipinski definition) is 0. The summed E-state index contributed by atoms with van der Waals surface area (Å²) < 4.78 is 5.51. The molecule has 0 aliphatic carbocycles. The second-order valence-electron chi connectivity index (χ2n) is 6.90. The average Bonchev–Trinajstić information content (AvgIpc) is 3.34. The van der Waals surface area contributed by atoms with Gasteiger partial charge in [-0.25, -0.2) is 0 Å². The Morgan fingerprint density at radius 2 is 1.81 bits per heavy atom. The zero-order valence-electron chi connectivity index (χ0n) is 15.9. The molecule has 1 amide bonds. The molecule has 3 rings (SSSR count). The molecule has 4 nitrogen and oxygen atoms in total. The van der Waals surface area contributed by atoms with Crippen molar-refractivity contribution < 1.29 is 9.21 Å². The summed E-state index contributed by atoms with van der Waals surface area (Å²) in [5, 5.41) is 2.07. The van der Waals surface area contributed by atoms with Crippen LogP contribution < -0.4 is 0 Å². The number of carbonyl (C=O) groups excluding carboxylic acids is 1. The van der Waals surface area contributed by atoms with Gasteiger partial charge in [0.15, 0.2) is 0 Å². The first-order chi connectivity index (χ1) is 13.1. The van der Waals surface area contributed by atoms with E-state index < -0.39 is 0 Å². The summed E-state index contributed by atoms with van der Waals surface area (Å²) in [5.41, 5.74) is 1.15. The first-order valence-electron chi connectivity index (χ1n) is 9.22. The molecule has 0 saturated carbocycles. The van der Waals surface area contributed by atoms with Crippen molar-refractivity contribution in [3.05, 3.63) is 82.4 Å². The van der Waals surface area contributed by atoms with Crippen molar-refractivity contribution in [2.45, 2.75) is 39.5 Å². The van der Waals surface area contributed by atoms with Crippen LogP contribution in [-0.4, -0.2) is 28.3 Å². The lowest BCUT2D eigenvalue weighted by atomic mass is 10.2. The van der Waals surface area contributed by atoms with E-state index >= 15 is 0 Å². The van der Waals surface area contributed by atoms with Gasteiger partial charge in [0, 0.05) is 24.0 Å². The molecule has 2 heterocycles. The van der Waals surface area contributed by atoms with Crippen LogP contribution in [0.4, 0.5) is 0 Å². The highest BCUT2D eigenvalue weighted by molar-refractivity contribution is 7.09. The Kier molecular flexibility index (Phi) is 6.85. The quantitative estimate of drug-likeness (QED) is 0.534. The van der Waals surface area contributed by atoms with Crippen molar-refractivity contribution in [1.82, 2.24) is 9.80 Å². The molecule has 0 spiro atoms. The van der Waals surface area contributed by atoms with E-state index in [-0.39, 0.29) is 11.9 Å². The van der Waals surface area contributed by atoms with Crippen LogP contribution in [0.2, 0.25) is 0 Å². The van der Waals surface area contributed by atoms with Crippen molar-refractivity contribution in [3.8, 4) is 0 Å². The predicted molar refractivity (Wildman–Crippen MR) is 109 cm³/mol. The highest BCUT2D eigenvalue weighted by atomic mass is 32.1. The predicted octanol–water partition coefficient (Wildman–Crippen LogP) is 4.78. The molecular weight excluding hydrogens is 356 g/mol. The third kappa shape index (κ3) is 5.81. The number of hydrogen-bond acceptors (Lipinski definition) is 4. The van der Waals surface area contributed by atoms with Gasteiger partial charge in [-0.1, -0.05) is 36.4 Å². The highest BCUT2D eigenvalue weighted by Gasteiger charge is 2.21. The van der Waals surface area contributed by atoms with Crippen molar-refractivity contribution in [3.63, 3.8) is 0 Å². The average molecular weight is 383 g/mol. The summed E-state index contributed by atoms with van der Waals surface area (Å²) in [4.78, 5) is 18.4. The van der Waals surface area contributed by atoms with Gasteiger partial charge in [-0.3, -0.25) is 9.69 Å². The fourth-order valence-corrected chi connectivity index (χ4v) is 3.78. The topological polar surface area (TPSA) is 36.7 Å². The molecule has 0 fully saturated rings. The van der Waals surface area contributed by atoms with E-state index in [1.165, 1.54) is 4.88 Å². The van der Waals surface area contributed by atoms with Crippen LogP contribution in [0.25, 0.3) is 0 Å². The number of nitrogens with zero attached hydrogens (tertiary/aromatic N) is 2. The summed E-state index contributed by atoms with van der Waals surface area (Å²) in [6, 6.07) is 18.3. The monoisotopic (exact) mass is 382 g/mol. The van der Waals surface area contributed by atoms with Crippen LogP contribution in [0.15, 0.2) is 70.7 Å². The number of carbonyl (C=O) groups is 1. The molecule has 3 aromatic rings. The first kappa shape index (κ1) is 19.4. The van der Waals surface area contributed by atoms with Crippen molar-refractivity contribution in [1.29, 1.82) is 0 Å². The van der Waals surface area contributed by atoms with Gasteiger partial charge in [0.05, 0.1) is 19.4 Å². The van der Waals surface area contributed by atoms with Gasteiger partial charge in [-0.15, -0.1) is 11.3 Å². The van der Waals surface area contributed by atoms with Gasteiger partial charge in [-0.05, 0) is 43.0 Å². The number of thiophene rings is 1. The molecule has 0 aliphatic heterocycles. The molecule has 0 bridgehead atoms. The van der Waals surface area contributed by atoms with Crippen LogP contribution >= 0.6 is 11.3 Å². The van der Waals surface area contributed by atoms with Crippen molar-refractivity contribution in [2.75, 3.05) is 6.54 Å². The second-order valence-corrected chi connectivity index (χ2v) is 7.94. The van der Waals surface area contributed by atoms with Crippen LogP contribution in [-0.2, 0) is 24.4 Å². The fraction of sp³-hybridized carbons (Fsp3) is 0.318. The van der Waals surface area contributed by atoms with E-state index in [0.717, 1.165) is 17.9 Å². The lowest BCUT2D eigenvalue weighted by molar-refractivity contribution is -0.135. The number of furan rings is 1. The van der Waals surface area contributed by atoms with Gasteiger partial charge in [0.1, 0.15) is 5.76 Å². The Morgan fingerprint density at radius 1 is 1.00 bits per heavy atom. The molecule has 27 heavy (non-hydrogen) atoms. The van der Waals surface area contributed by atoms with Gasteiger partial charge in [0.25, 0.3) is 0 Å². The zero-order valence-corrected chi connectivity index (χ0v) is 16.7. The van der Waals surface area contributed by atoms with E-state index in [0.29, 0.717) is 19.6 Å². The molecule has 0 aliphatic rings. The van der Waals surface area contributed by atoms with E-state index in [9.17, 15) is 4.79 Å². The molecule has 0 radical (unpaired) electrons. The molecule has 1 aromatic carbocycles. The van der Waals surface area contributed by atoms with Gasteiger partial charge < -0.3 is 9.32 Å². The van der Waals surface area contributed by atoms with E-state index in [1.807, 2.05) is 41.3 Å². The van der Waals surface area contributed by atoms with E-state index in [4.69, 9.17) is 4.42 Å². The molecule has 0 saturated heterocycles. The Labute approximate surface area is 165 Å². The van der Waals surface area contributed by atoms with Crippen molar-refractivity contribution >= 4 is 17.2 Å². The fourth-order valence-electron chi connectivity index (χ4n) is 3.03. The minimum absolute atomic E-state index is 0.136. The zero-order chi connectivity index (χ0) is 19.1. The second kappa shape index (κ2) is 9.53. The number of benzene rings is 1. The van der Waals surface area contributed by atoms with Crippen LogP contribution in [0.3, 0.4) is 0 Å². The smallest absolute Gasteiger partial charge is 0.237 e. The van der Waals surface area contributed by atoms with Crippen LogP contribution in [0.1, 0.15) is 30.0 Å². The number of amides is 1. The molecule has 5 heteroatoms. The standard InChI is InChI=1S/C22H26N2O2S/c1-18(2)24(14-19-8-4-3-5-9-19)22(25)17-23(15-20-10-6-12-26-20)16-21-11-7-13-27-21/h3-13,18H,14-17H2,1-2H3. The normalized spacial score (nSPS) is 11.3. The third-order valence-corrected chi connectivity index (χ3v) is 5.28. The molecule has 0 N–H and O–H groups in total. The highest BCUT2D eigenvalue weighted by Crippen LogP contribution is 2.16. The Hall–Kier alpha value is -2.37. The van der Waals surface area contributed by atoms with E-state index in [2.05, 4.69) is 42.3 Å². The number of rotatable bonds is 9. The molecular formula is C22H26N2O2S. The maximum atomic E-state index is 13.1. The summed E-state index contributed by atoms with van der Waals surface area (Å²) in [6.07, 6.45) is 1.68. The third-order valence-electron chi connectivity index (χ3n) is 4.42. The maximum absolute atomic E-state index is 13.1. The summed E-state index contributed by atoms with van der Waals surface area (Å²) >= 11 is 1.71. The molecule has 2 aromatic heterocycles. The Morgan fingerprint density at radius 3 is 2.44 bits per heavy atom. The van der Waals surface area contributed by atoms with Crippen LogP contribution in [0, 0.1) is 0 Å². The molecule has 142 valence electrons. The summed E-state index contributed by atoms with van der Waals surface area (Å²) in [5.74, 6) is 1.01. The lowest BCUT2D eigenvalue weighted by Gasteiger charge is -2.30. The summed E-state index contributed by atoms with van der Waals surface area (Å²) in [7, 11) is 0. The van der Waals surface area contributed by atoms with Gasteiger partial charge >= 0.3 is 0 Å².